The van der Waals surface area contributed by atoms with Gasteiger partial charge in [-0.2, -0.15) is 4.31 Å². The highest BCUT2D eigenvalue weighted by molar-refractivity contribution is 7.89. The number of fused-ring (bicyclic) bond motifs is 3. The molecule has 0 bridgehead atoms. The molecule has 0 aliphatic carbocycles. The number of hydrogen-bond acceptors (Lipinski definition) is 3. The number of benzene rings is 3. The van der Waals surface area contributed by atoms with E-state index in [1.54, 1.807) is 23.1 Å². The van der Waals surface area contributed by atoms with E-state index in [0.29, 0.717) is 13.1 Å². The van der Waals surface area contributed by atoms with E-state index >= 15 is 0 Å². The first kappa shape index (κ1) is 19.4. The standard InChI is InChI=1S/C23H22N2O3S/c1-24(29(27,28)20-11-3-2-4-12-20)17-23(26)25-15-18-9-5-7-13-21(18)22-14-8-6-10-19(22)16-25/h2-14H,15-17H2,1H3. The van der Waals surface area contributed by atoms with E-state index < -0.39 is 10.0 Å². The van der Waals surface area contributed by atoms with Crippen LogP contribution >= 0.6 is 0 Å². The molecule has 29 heavy (non-hydrogen) atoms. The highest BCUT2D eigenvalue weighted by Crippen LogP contribution is 2.32. The monoisotopic (exact) mass is 406 g/mol. The Morgan fingerprint density at radius 1 is 0.828 bits per heavy atom. The summed E-state index contributed by atoms with van der Waals surface area (Å²) in [6.45, 7) is 0.688. The van der Waals surface area contributed by atoms with E-state index in [1.165, 1.54) is 19.2 Å². The predicted molar refractivity (Wildman–Crippen MR) is 112 cm³/mol. The van der Waals surface area contributed by atoms with Gasteiger partial charge < -0.3 is 4.90 Å². The number of carbonyl (C=O) groups excluding carboxylic acids is 1. The molecule has 1 amide bonds. The second kappa shape index (κ2) is 7.81. The van der Waals surface area contributed by atoms with Crippen LogP contribution in [0, 0.1) is 0 Å². The molecule has 0 radical (unpaired) electrons. The van der Waals surface area contributed by atoms with E-state index in [0.717, 1.165) is 26.6 Å². The van der Waals surface area contributed by atoms with Crippen molar-refractivity contribution in [3.8, 4) is 11.1 Å². The summed E-state index contributed by atoms with van der Waals surface area (Å²) >= 11 is 0. The van der Waals surface area contributed by atoms with Crippen molar-refractivity contribution in [2.75, 3.05) is 13.6 Å². The van der Waals surface area contributed by atoms with Gasteiger partial charge in [-0.25, -0.2) is 8.42 Å². The maximum atomic E-state index is 13.1. The first-order valence-electron chi connectivity index (χ1n) is 9.42. The van der Waals surface area contributed by atoms with Gasteiger partial charge in [0.05, 0.1) is 11.4 Å². The van der Waals surface area contributed by atoms with Gasteiger partial charge in [-0.05, 0) is 34.4 Å². The lowest BCUT2D eigenvalue weighted by Gasteiger charge is -2.24. The number of nitrogens with zero attached hydrogens (tertiary/aromatic N) is 2. The molecule has 148 valence electrons. The lowest BCUT2D eigenvalue weighted by atomic mass is 9.97. The molecule has 3 aromatic rings. The van der Waals surface area contributed by atoms with Crippen LogP contribution in [0.1, 0.15) is 11.1 Å². The summed E-state index contributed by atoms with van der Waals surface area (Å²) in [6.07, 6.45) is 0. The van der Waals surface area contributed by atoms with Gasteiger partial charge in [0.2, 0.25) is 15.9 Å². The number of amides is 1. The lowest BCUT2D eigenvalue weighted by molar-refractivity contribution is -0.132. The first-order chi connectivity index (χ1) is 14.0. The number of carbonyl (C=O) groups is 1. The van der Waals surface area contributed by atoms with Crippen LogP contribution in [0.4, 0.5) is 0 Å². The van der Waals surface area contributed by atoms with Gasteiger partial charge in [0.1, 0.15) is 0 Å². The molecule has 4 rings (SSSR count). The maximum Gasteiger partial charge on any atom is 0.243 e. The molecule has 0 N–H and O–H groups in total. The van der Waals surface area contributed by atoms with Crippen LogP contribution in [0.25, 0.3) is 11.1 Å². The summed E-state index contributed by atoms with van der Waals surface area (Å²) in [4.78, 5) is 15.0. The summed E-state index contributed by atoms with van der Waals surface area (Å²) in [6, 6.07) is 24.2. The third-order valence-corrected chi connectivity index (χ3v) is 7.03. The Morgan fingerprint density at radius 2 is 1.31 bits per heavy atom. The SMILES string of the molecule is CN(CC(=O)N1Cc2ccccc2-c2ccccc2C1)S(=O)(=O)c1ccccc1. The van der Waals surface area contributed by atoms with E-state index in [4.69, 9.17) is 0 Å². The Bertz CT molecular complexity index is 1100. The van der Waals surface area contributed by atoms with Crippen LogP contribution in [0.3, 0.4) is 0 Å². The Morgan fingerprint density at radius 3 is 1.86 bits per heavy atom. The zero-order valence-electron chi connectivity index (χ0n) is 16.2. The van der Waals surface area contributed by atoms with Crippen molar-refractivity contribution in [2.24, 2.45) is 0 Å². The van der Waals surface area contributed by atoms with Gasteiger partial charge in [-0.3, -0.25) is 4.79 Å². The molecule has 1 aliphatic rings. The van der Waals surface area contributed by atoms with Crippen molar-refractivity contribution in [1.82, 2.24) is 9.21 Å². The molecule has 0 fully saturated rings. The largest absolute Gasteiger partial charge is 0.333 e. The molecule has 0 atom stereocenters. The molecule has 3 aromatic carbocycles. The van der Waals surface area contributed by atoms with E-state index in [9.17, 15) is 13.2 Å². The zero-order valence-corrected chi connectivity index (χ0v) is 17.0. The maximum absolute atomic E-state index is 13.1. The molecule has 6 heteroatoms. The summed E-state index contributed by atoms with van der Waals surface area (Å²) < 4.78 is 26.7. The first-order valence-corrected chi connectivity index (χ1v) is 10.9. The number of hydrogen-bond donors (Lipinski definition) is 0. The van der Waals surface area contributed by atoms with Crippen LogP contribution in [0.5, 0.6) is 0 Å². The third kappa shape index (κ3) is 3.81. The van der Waals surface area contributed by atoms with E-state index in [1.807, 2.05) is 36.4 Å². The summed E-state index contributed by atoms with van der Waals surface area (Å²) in [5.41, 5.74) is 4.34. The molecule has 5 nitrogen and oxygen atoms in total. The highest BCUT2D eigenvalue weighted by atomic mass is 32.2. The molecule has 0 saturated carbocycles. The molecule has 0 unspecified atom stereocenters. The summed E-state index contributed by atoms with van der Waals surface area (Å²) in [5, 5.41) is 0. The van der Waals surface area contributed by atoms with Gasteiger partial charge in [0.25, 0.3) is 0 Å². The van der Waals surface area contributed by atoms with Crippen LogP contribution in [-0.2, 0) is 27.9 Å². The van der Waals surface area contributed by atoms with E-state index in [2.05, 4.69) is 12.1 Å². The van der Waals surface area contributed by atoms with Crippen LogP contribution in [0.2, 0.25) is 0 Å². The minimum absolute atomic E-state index is 0.182. The fourth-order valence-corrected chi connectivity index (χ4v) is 4.77. The van der Waals surface area contributed by atoms with Gasteiger partial charge in [0.15, 0.2) is 0 Å². The van der Waals surface area contributed by atoms with Gasteiger partial charge in [0, 0.05) is 20.1 Å². The molecular formula is C23H22N2O3S. The topological polar surface area (TPSA) is 57.7 Å². The molecule has 0 saturated heterocycles. The average molecular weight is 407 g/mol. The quantitative estimate of drug-likeness (QED) is 0.666. The molecule has 0 aromatic heterocycles. The minimum Gasteiger partial charge on any atom is -0.333 e. The normalized spacial score (nSPS) is 13.5. The fourth-order valence-electron chi connectivity index (χ4n) is 3.63. The van der Waals surface area contributed by atoms with Crippen molar-refractivity contribution in [1.29, 1.82) is 0 Å². The Kier molecular flexibility index (Phi) is 5.22. The third-order valence-electron chi connectivity index (χ3n) is 5.21. The molecular weight excluding hydrogens is 384 g/mol. The van der Waals surface area contributed by atoms with Crippen molar-refractivity contribution >= 4 is 15.9 Å². The Labute approximate surface area is 171 Å². The van der Waals surface area contributed by atoms with Crippen LogP contribution < -0.4 is 0 Å². The summed E-state index contributed by atoms with van der Waals surface area (Å²) in [7, 11) is -2.27. The second-order valence-corrected chi connectivity index (χ2v) is 9.18. The predicted octanol–water partition coefficient (Wildman–Crippen LogP) is 3.52. The number of sulfonamides is 1. The lowest BCUT2D eigenvalue weighted by Crippen LogP contribution is -2.40. The second-order valence-electron chi connectivity index (χ2n) is 7.14. The Balaban J connectivity index is 1.60. The zero-order chi connectivity index (χ0) is 20.4. The van der Waals surface area contributed by atoms with Crippen molar-refractivity contribution < 1.29 is 13.2 Å². The van der Waals surface area contributed by atoms with Gasteiger partial charge in [-0.1, -0.05) is 66.7 Å². The highest BCUT2D eigenvalue weighted by Gasteiger charge is 2.27. The molecule has 0 spiro atoms. The average Bonchev–Trinajstić information content (AvgIpc) is 2.91. The minimum atomic E-state index is -3.72. The van der Waals surface area contributed by atoms with Crippen LogP contribution in [-0.4, -0.2) is 37.1 Å². The van der Waals surface area contributed by atoms with Gasteiger partial charge in [-0.15, -0.1) is 0 Å². The number of likely N-dealkylation sites (N-methyl/N-ethyl adjacent to an activating group) is 1. The van der Waals surface area contributed by atoms with Gasteiger partial charge >= 0.3 is 0 Å². The van der Waals surface area contributed by atoms with Crippen molar-refractivity contribution in [3.05, 3.63) is 90.0 Å². The molecule has 1 heterocycles. The smallest absolute Gasteiger partial charge is 0.243 e. The van der Waals surface area contributed by atoms with Crippen molar-refractivity contribution in [2.45, 2.75) is 18.0 Å². The van der Waals surface area contributed by atoms with E-state index in [-0.39, 0.29) is 17.3 Å². The number of rotatable bonds is 4. The van der Waals surface area contributed by atoms with Crippen LogP contribution in [0.15, 0.2) is 83.8 Å². The Hall–Kier alpha value is -2.96. The fraction of sp³-hybridized carbons (Fsp3) is 0.174. The van der Waals surface area contributed by atoms with Crippen molar-refractivity contribution in [3.63, 3.8) is 0 Å². The molecule has 1 aliphatic heterocycles. The summed E-state index contributed by atoms with van der Waals surface area (Å²) in [5.74, 6) is -0.224.